The molecule has 2 rings (SSSR count). The van der Waals surface area contributed by atoms with E-state index in [9.17, 15) is 19.8 Å². The molecule has 0 aliphatic carbocycles. The van der Waals surface area contributed by atoms with Crippen molar-refractivity contribution in [2.24, 2.45) is 0 Å². The zero-order valence-corrected chi connectivity index (χ0v) is 15.4. The number of phenols is 2. The molecule has 144 valence electrons. The van der Waals surface area contributed by atoms with E-state index in [1.807, 2.05) is 0 Å². The molecule has 0 heterocycles. The number of carbonyl (C=O) groups excluding carboxylic acids is 2. The Balaban J connectivity index is 2.53. The summed E-state index contributed by atoms with van der Waals surface area (Å²) in [6.07, 6.45) is 0.251. The van der Waals surface area contributed by atoms with Crippen LogP contribution in [0.25, 0.3) is 0 Å². The number of rotatable bonds is 6. The smallest absolute Gasteiger partial charge is 0.341 e. The summed E-state index contributed by atoms with van der Waals surface area (Å²) in [5, 5.41) is 20.2. The van der Waals surface area contributed by atoms with E-state index < -0.39 is 11.9 Å². The minimum absolute atomic E-state index is 0.0502. The van der Waals surface area contributed by atoms with Gasteiger partial charge in [0.2, 0.25) is 0 Å². The molecule has 0 saturated heterocycles. The van der Waals surface area contributed by atoms with Gasteiger partial charge in [-0.15, -0.1) is 0 Å². The van der Waals surface area contributed by atoms with Crippen molar-refractivity contribution >= 4 is 11.9 Å². The zero-order valence-electron chi connectivity index (χ0n) is 15.4. The monoisotopic (exact) mass is 376 g/mol. The first-order chi connectivity index (χ1) is 12.9. The fraction of sp³-hybridized carbons (Fsp3) is 0.263. The largest absolute Gasteiger partial charge is 0.504 e. The number of phenolic OH excluding ortho intramolecular Hbond substituents is 2. The van der Waals surface area contributed by atoms with E-state index in [4.69, 9.17) is 9.47 Å². The predicted molar refractivity (Wildman–Crippen MR) is 94.8 cm³/mol. The Morgan fingerprint density at radius 3 is 1.41 bits per heavy atom. The average Bonchev–Trinajstić information content (AvgIpc) is 2.68. The summed E-state index contributed by atoms with van der Waals surface area (Å²) in [7, 11) is 5.13. The summed E-state index contributed by atoms with van der Waals surface area (Å²) in [5.41, 5.74) is 1.11. The molecular weight excluding hydrogens is 356 g/mol. The van der Waals surface area contributed by atoms with Crippen LogP contribution in [-0.4, -0.2) is 50.6 Å². The number of ether oxygens (including phenoxy) is 4. The van der Waals surface area contributed by atoms with Gasteiger partial charge in [-0.05, 0) is 41.8 Å². The van der Waals surface area contributed by atoms with Crippen LogP contribution >= 0.6 is 0 Å². The second-order valence-corrected chi connectivity index (χ2v) is 5.55. The Kier molecular flexibility index (Phi) is 6.12. The highest BCUT2D eigenvalue weighted by Gasteiger charge is 2.20. The zero-order chi connectivity index (χ0) is 20.1. The lowest BCUT2D eigenvalue weighted by molar-refractivity contribution is 0.0587. The van der Waals surface area contributed by atoms with E-state index >= 15 is 0 Å². The highest BCUT2D eigenvalue weighted by atomic mass is 16.5. The molecule has 0 atom stereocenters. The Morgan fingerprint density at radius 1 is 0.741 bits per heavy atom. The van der Waals surface area contributed by atoms with Gasteiger partial charge < -0.3 is 29.2 Å². The lowest BCUT2D eigenvalue weighted by Crippen LogP contribution is -2.06. The van der Waals surface area contributed by atoms with Crippen molar-refractivity contribution in [1.29, 1.82) is 0 Å². The van der Waals surface area contributed by atoms with Crippen LogP contribution in [0, 0.1) is 0 Å². The van der Waals surface area contributed by atoms with Crippen molar-refractivity contribution in [3.8, 4) is 23.0 Å². The highest BCUT2D eigenvalue weighted by Crippen LogP contribution is 2.35. The summed E-state index contributed by atoms with van der Waals surface area (Å²) in [6.45, 7) is 0. The second-order valence-electron chi connectivity index (χ2n) is 5.55. The third-order valence-corrected chi connectivity index (χ3v) is 3.93. The molecule has 0 saturated carbocycles. The van der Waals surface area contributed by atoms with Gasteiger partial charge in [-0.25, -0.2) is 9.59 Å². The van der Waals surface area contributed by atoms with Gasteiger partial charge in [-0.1, -0.05) is 0 Å². The van der Waals surface area contributed by atoms with Crippen LogP contribution in [0.5, 0.6) is 23.0 Å². The van der Waals surface area contributed by atoms with Crippen molar-refractivity contribution in [3.63, 3.8) is 0 Å². The third kappa shape index (κ3) is 4.05. The van der Waals surface area contributed by atoms with Gasteiger partial charge in [0.25, 0.3) is 0 Å². The Bertz CT molecular complexity index is 801. The molecule has 27 heavy (non-hydrogen) atoms. The number of hydrogen-bond donors (Lipinski definition) is 2. The van der Waals surface area contributed by atoms with Crippen molar-refractivity contribution in [2.75, 3.05) is 28.4 Å². The number of hydrogen-bond acceptors (Lipinski definition) is 8. The topological polar surface area (TPSA) is 112 Å². The van der Waals surface area contributed by atoms with Crippen molar-refractivity contribution in [2.45, 2.75) is 6.42 Å². The van der Waals surface area contributed by atoms with Crippen LogP contribution in [0.1, 0.15) is 31.8 Å². The van der Waals surface area contributed by atoms with Crippen LogP contribution in [0.4, 0.5) is 0 Å². The lowest BCUT2D eigenvalue weighted by atomic mass is 9.99. The van der Waals surface area contributed by atoms with E-state index in [-0.39, 0.29) is 40.5 Å². The van der Waals surface area contributed by atoms with Crippen molar-refractivity contribution < 1.29 is 38.7 Å². The lowest BCUT2D eigenvalue weighted by Gasteiger charge is -2.13. The molecule has 0 aliphatic heterocycles. The molecule has 2 N–H and O–H groups in total. The van der Waals surface area contributed by atoms with E-state index in [0.29, 0.717) is 11.1 Å². The quantitative estimate of drug-likeness (QED) is 0.739. The van der Waals surface area contributed by atoms with Gasteiger partial charge in [-0.3, -0.25) is 0 Å². The van der Waals surface area contributed by atoms with Crippen LogP contribution in [-0.2, 0) is 15.9 Å². The molecule has 2 aromatic carbocycles. The first-order valence-electron chi connectivity index (χ1n) is 7.82. The maximum Gasteiger partial charge on any atom is 0.341 e. The summed E-state index contributed by atoms with van der Waals surface area (Å²) >= 11 is 0. The number of esters is 2. The van der Waals surface area contributed by atoms with Crippen LogP contribution in [0.3, 0.4) is 0 Å². The summed E-state index contributed by atoms with van der Waals surface area (Å²) < 4.78 is 19.6. The fourth-order valence-electron chi connectivity index (χ4n) is 2.61. The SMILES string of the molecule is COC(=O)c1cc(Cc2cc(OC)c(O)c(C(=O)OC)c2)cc(OC)c1O. The van der Waals surface area contributed by atoms with Gasteiger partial charge in [0.15, 0.2) is 23.0 Å². The minimum atomic E-state index is -0.716. The Hall–Kier alpha value is -3.42. The molecule has 0 aromatic heterocycles. The van der Waals surface area contributed by atoms with Gasteiger partial charge >= 0.3 is 11.9 Å². The first-order valence-corrected chi connectivity index (χ1v) is 7.82. The molecule has 0 amide bonds. The summed E-state index contributed by atoms with van der Waals surface area (Å²) in [6, 6.07) is 6.03. The first kappa shape index (κ1) is 19.9. The van der Waals surface area contributed by atoms with Crippen LogP contribution in [0.15, 0.2) is 24.3 Å². The summed E-state index contributed by atoms with van der Waals surface area (Å²) in [4.78, 5) is 23.8. The van der Waals surface area contributed by atoms with Crippen molar-refractivity contribution in [1.82, 2.24) is 0 Å². The van der Waals surface area contributed by atoms with E-state index in [1.165, 1.54) is 40.6 Å². The molecule has 0 unspecified atom stereocenters. The molecule has 8 heteroatoms. The van der Waals surface area contributed by atoms with E-state index in [1.54, 1.807) is 12.1 Å². The normalized spacial score (nSPS) is 10.2. The van der Waals surface area contributed by atoms with Crippen molar-refractivity contribution in [3.05, 3.63) is 46.5 Å². The molecule has 0 bridgehead atoms. The van der Waals surface area contributed by atoms with Gasteiger partial charge in [0.05, 0.1) is 28.4 Å². The number of carbonyl (C=O) groups is 2. The third-order valence-electron chi connectivity index (χ3n) is 3.93. The fourth-order valence-corrected chi connectivity index (χ4v) is 2.61. The molecule has 0 spiro atoms. The average molecular weight is 376 g/mol. The molecule has 8 nitrogen and oxygen atoms in total. The van der Waals surface area contributed by atoms with Gasteiger partial charge in [0, 0.05) is 0 Å². The molecule has 0 aliphatic rings. The molecule has 2 aromatic rings. The maximum absolute atomic E-state index is 11.9. The summed E-state index contributed by atoms with van der Waals surface area (Å²) in [5.74, 6) is -1.88. The number of benzene rings is 2. The van der Waals surface area contributed by atoms with E-state index in [2.05, 4.69) is 9.47 Å². The number of aromatic hydroxyl groups is 2. The maximum atomic E-state index is 11.9. The van der Waals surface area contributed by atoms with Crippen LogP contribution < -0.4 is 9.47 Å². The molecule has 0 radical (unpaired) electrons. The van der Waals surface area contributed by atoms with Gasteiger partial charge in [-0.2, -0.15) is 0 Å². The second kappa shape index (κ2) is 8.31. The predicted octanol–water partition coefficient (Wildman–Crippen LogP) is 2.28. The Labute approximate surface area is 155 Å². The Morgan fingerprint density at radius 2 is 1.11 bits per heavy atom. The minimum Gasteiger partial charge on any atom is -0.504 e. The molecule has 0 fully saturated rings. The number of methoxy groups -OCH3 is 4. The van der Waals surface area contributed by atoms with E-state index in [0.717, 1.165) is 0 Å². The standard InChI is InChI=1S/C19H20O8/c1-24-14-8-10(6-12(16(14)20)18(22)26-3)5-11-7-13(19(23)27-4)17(21)15(9-11)25-2/h6-9,20-21H,5H2,1-4H3. The van der Waals surface area contributed by atoms with Gasteiger partial charge in [0.1, 0.15) is 11.1 Å². The van der Waals surface area contributed by atoms with Crippen LogP contribution in [0.2, 0.25) is 0 Å². The molecular formula is C19H20O8. The highest BCUT2D eigenvalue weighted by molar-refractivity contribution is 5.94.